The van der Waals surface area contributed by atoms with E-state index in [9.17, 15) is 9.59 Å². The van der Waals surface area contributed by atoms with Crippen molar-refractivity contribution in [1.29, 1.82) is 0 Å². The number of aryl methyl sites for hydroxylation is 2. The fraction of sp³-hybridized carbons (Fsp3) is 0.318. The Bertz CT molecular complexity index is 1190. The minimum Gasteiger partial charge on any atom is -0.454 e. The molecule has 1 aromatic carbocycles. The fourth-order valence-corrected chi connectivity index (χ4v) is 3.77. The SMILES string of the molecule is Cc1ccn(-c2ccc3c(c2)OCO3)c(=O)c1C(=O)N(Cc1cnn(C)c1)C1CC1. The number of rotatable bonds is 5. The van der Waals surface area contributed by atoms with Crippen LogP contribution in [-0.4, -0.2) is 38.0 Å². The van der Waals surface area contributed by atoms with Gasteiger partial charge in [0.2, 0.25) is 6.79 Å². The van der Waals surface area contributed by atoms with E-state index in [-0.39, 0.29) is 29.9 Å². The molecule has 8 heteroatoms. The third-order valence-electron chi connectivity index (χ3n) is 5.51. The molecule has 2 aliphatic rings. The van der Waals surface area contributed by atoms with Gasteiger partial charge in [-0.3, -0.25) is 18.8 Å². The van der Waals surface area contributed by atoms with Crippen LogP contribution in [0.4, 0.5) is 0 Å². The van der Waals surface area contributed by atoms with E-state index in [1.54, 1.807) is 53.2 Å². The first-order valence-corrected chi connectivity index (χ1v) is 9.92. The lowest BCUT2D eigenvalue weighted by Gasteiger charge is -2.23. The third kappa shape index (κ3) is 3.24. The second-order valence-corrected chi connectivity index (χ2v) is 7.77. The summed E-state index contributed by atoms with van der Waals surface area (Å²) in [4.78, 5) is 28.6. The second-order valence-electron chi connectivity index (χ2n) is 7.77. The zero-order valence-corrected chi connectivity index (χ0v) is 16.9. The van der Waals surface area contributed by atoms with Gasteiger partial charge in [-0.2, -0.15) is 5.10 Å². The Kier molecular flexibility index (Phi) is 4.34. The zero-order chi connectivity index (χ0) is 20.8. The highest BCUT2D eigenvalue weighted by molar-refractivity contribution is 5.95. The van der Waals surface area contributed by atoms with Crippen LogP contribution in [0.5, 0.6) is 11.5 Å². The molecule has 2 aromatic heterocycles. The average Bonchev–Trinajstić information content (AvgIpc) is 3.31. The molecule has 0 bridgehead atoms. The first kappa shape index (κ1) is 18.5. The van der Waals surface area contributed by atoms with Crippen molar-refractivity contribution in [2.75, 3.05) is 6.79 Å². The highest BCUT2D eigenvalue weighted by Crippen LogP contribution is 2.33. The van der Waals surface area contributed by atoms with Crippen molar-refractivity contribution in [3.05, 3.63) is 69.9 Å². The number of nitrogens with zero attached hydrogens (tertiary/aromatic N) is 4. The number of hydrogen-bond acceptors (Lipinski definition) is 5. The van der Waals surface area contributed by atoms with Crippen LogP contribution in [0.3, 0.4) is 0 Å². The molecule has 0 N–H and O–H groups in total. The lowest BCUT2D eigenvalue weighted by Crippen LogP contribution is -2.38. The van der Waals surface area contributed by atoms with Gasteiger partial charge in [-0.25, -0.2) is 0 Å². The first-order valence-electron chi connectivity index (χ1n) is 9.92. The fourth-order valence-electron chi connectivity index (χ4n) is 3.77. The summed E-state index contributed by atoms with van der Waals surface area (Å²) in [5.41, 5.74) is 2.10. The van der Waals surface area contributed by atoms with E-state index in [1.807, 2.05) is 13.2 Å². The van der Waals surface area contributed by atoms with Gasteiger partial charge in [0.05, 0.1) is 11.9 Å². The van der Waals surface area contributed by atoms with Gasteiger partial charge in [0.1, 0.15) is 5.56 Å². The summed E-state index contributed by atoms with van der Waals surface area (Å²) in [5.74, 6) is 0.995. The molecule has 0 atom stereocenters. The van der Waals surface area contributed by atoms with E-state index in [2.05, 4.69) is 5.10 Å². The van der Waals surface area contributed by atoms with Crippen LogP contribution in [0.15, 0.2) is 47.7 Å². The molecule has 30 heavy (non-hydrogen) atoms. The molecule has 0 radical (unpaired) electrons. The van der Waals surface area contributed by atoms with Gasteiger partial charge < -0.3 is 14.4 Å². The minimum absolute atomic E-state index is 0.163. The van der Waals surface area contributed by atoms with E-state index < -0.39 is 0 Å². The Hall–Kier alpha value is -3.55. The predicted octanol–water partition coefficient (Wildman–Crippen LogP) is 2.41. The van der Waals surface area contributed by atoms with Gasteiger partial charge >= 0.3 is 0 Å². The molecular formula is C22H22N4O4. The van der Waals surface area contributed by atoms with Crippen molar-refractivity contribution in [2.45, 2.75) is 32.4 Å². The van der Waals surface area contributed by atoms with E-state index >= 15 is 0 Å². The normalized spacial score (nSPS) is 14.7. The molecule has 8 nitrogen and oxygen atoms in total. The molecule has 1 aliphatic carbocycles. The number of ether oxygens (including phenoxy) is 2. The molecule has 1 saturated carbocycles. The zero-order valence-electron chi connectivity index (χ0n) is 16.9. The van der Waals surface area contributed by atoms with Crippen LogP contribution in [-0.2, 0) is 13.6 Å². The maximum atomic E-state index is 13.5. The van der Waals surface area contributed by atoms with E-state index in [1.165, 1.54) is 4.57 Å². The predicted molar refractivity (Wildman–Crippen MR) is 109 cm³/mol. The van der Waals surface area contributed by atoms with Gasteiger partial charge in [0.25, 0.3) is 11.5 Å². The van der Waals surface area contributed by atoms with Gasteiger partial charge in [-0.05, 0) is 43.5 Å². The second kappa shape index (κ2) is 7.05. The number of fused-ring (bicyclic) bond motifs is 1. The Morgan fingerprint density at radius 3 is 2.77 bits per heavy atom. The molecule has 0 unspecified atom stereocenters. The maximum Gasteiger partial charge on any atom is 0.268 e. The van der Waals surface area contributed by atoms with Crippen molar-refractivity contribution in [3.8, 4) is 17.2 Å². The van der Waals surface area contributed by atoms with Crippen molar-refractivity contribution >= 4 is 5.91 Å². The van der Waals surface area contributed by atoms with Crippen molar-refractivity contribution < 1.29 is 14.3 Å². The summed E-state index contributed by atoms with van der Waals surface area (Å²) in [7, 11) is 1.85. The Morgan fingerprint density at radius 2 is 2.03 bits per heavy atom. The van der Waals surface area contributed by atoms with Crippen molar-refractivity contribution in [3.63, 3.8) is 0 Å². The molecule has 1 aliphatic heterocycles. The smallest absolute Gasteiger partial charge is 0.268 e. The monoisotopic (exact) mass is 406 g/mol. The molecular weight excluding hydrogens is 384 g/mol. The minimum atomic E-state index is -0.337. The number of carbonyl (C=O) groups is 1. The molecule has 3 heterocycles. The number of hydrogen-bond donors (Lipinski definition) is 0. The van der Waals surface area contributed by atoms with Crippen LogP contribution in [0.1, 0.15) is 34.3 Å². The van der Waals surface area contributed by atoms with E-state index in [0.717, 1.165) is 18.4 Å². The van der Waals surface area contributed by atoms with Crippen molar-refractivity contribution in [1.82, 2.24) is 19.2 Å². The summed E-state index contributed by atoms with van der Waals surface area (Å²) in [5, 5.41) is 4.19. The Labute approximate surface area is 173 Å². The van der Waals surface area contributed by atoms with Crippen LogP contribution < -0.4 is 15.0 Å². The first-order chi connectivity index (χ1) is 14.5. The van der Waals surface area contributed by atoms with Gasteiger partial charge in [-0.1, -0.05) is 0 Å². The summed E-state index contributed by atoms with van der Waals surface area (Å²) in [6.07, 6.45) is 7.24. The molecule has 1 amide bonds. The third-order valence-corrected chi connectivity index (χ3v) is 5.51. The summed E-state index contributed by atoms with van der Waals surface area (Å²) < 4.78 is 14.0. The summed E-state index contributed by atoms with van der Waals surface area (Å²) >= 11 is 0. The van der Waals surface area contributed by atoms with Crippen LogP contribution >= 0.6 is 0 Å². The lowest BCUT2D eigenvalue weighted by atomic mass is 10.1. The quantitative estimate of drug-likeness (QED) is 0.650. The molecule has 5 rings (SSSR count). The highest BCUT2D eigenvalue weighted by atomic mass is 16.7. The molecule has 154 valence electrons. The molecule has 3 aromatic rings. The standard InChI is InChI=1S/C22H22N4O4/c1-14-7-8-25(17-5-6-18-19(9-17)30-13-29-18)21(27)20(14)22(28)26(16-3-4-16)12-15-10-23-24(2)11-15/h5-11,16H,3-4,12-13H2,1-2H3. The molecule has 1 fully saturated rings. The average molecular weight is 406 g/mol. The topological polar surface area (TPSA) is 78.6 Å². The van der Waals surface area contributed by atoms with Crippen molar-refractivity contribution in [2.24, 2.45) is 7.05 Å². The van der Waals surface area contributed by atoms with Crippen LogP contribution in [0, 0.1) is 6.92 Å². The summed E-state index contributed by atoms with van der Waals surface area (Å²) in [6, 6.07) is 7.27. The van der Waals surface area contributed by atoms with Gasteiger partial charge in [0.15, 0.2) is 11.5 Å². The summed E-state index contributed by atoms with van der Waals surface area (Å²) in [6.45, 7) is 2.40. The number of benzene rings is 1. The Morgan fingerprint density at radius 1 is 1.23 bits per heavy atom. The van der Waals surface area contributed by atoms with E-state index in [4.69, 9.17) is 9.47 Å². The largest absolute Gasteiger partial charge is 0.454 e. The number of carbonyl (C=O) groups excluding carboxylic acids is 1. The lowest BCUT2D eigenvalue weighted by molar-refractivity contribution is 0.0727. The maximum absolute atomic E-state index is 13.5. The molecule has 0 saturated heterocycles. The highest BCUT2D eigenvalue weighted by Gasteiger charge is 2.35. The Balaban J connectivity index is 1.52. The number of pyridine rings is 1. The van der Waals surface area contributed by atoms with E-state index in [0.29, 0.717) is 29.3 Å². The number of amides is 1. The van der Waals surface area contributed by atoms with Crippen LogP contribution in [0.2, 0.25) is 0 Å². The van der Waals surface area contributed by atoms with Gasteiger partial charge in [-0.15, -0.1) is 0 Å². The number of aromatic nitrogens is 3. The van der Waals surface area contributed by atoms with Gasteiger partial charge in [0, 0.05) is 43.7 Å². The van der Waals surface area contributed by atoms with Crippen LogP contribution in [0.25, 0.3) is 5.69 Å². The molecule has 0 spiro atoms.